The maximum atomic E-state index is 12.2. The summed E-state index contributed by atoms with van der Waals surface area (Å²) in [5, 5.41) is 25.4. The zero-order chi connectivity index (χ0) is 17.5. The van der Waals surface area contributed by atoms with Gasteiger partial charge in [-0.3, -0.25) is 14.9 Å². The number of nitriles is 1. The number of nitrogens with one attached hydrogen (secondary N) is 2. The van der Waals surface area contributed by atoms with Crippen molar-refractivity contribution in [3.63, 3.8) is 0 Å². The van der Waals surface area contributed by atoms with Crippen LogP contribution in [-0.4, -0.2) is 10.8 Å². The lowest BCUT2D eigenvalue weighted by Crippen LogP contribution is -2.15. The van der Waals surface area contributed by atoms with Crippen molar-refractivity contribution in [1.29, 1.82) is 5.26 Å². The second-order valence-electron chi connectivity index (χ2n) is 4.86. The molecule has 7 heteroatoms. The summed E-state index contributed by atoms with van der Waals surface area (Å²) in [5.41, 5.74) is 1.30. The van der Waals surface area contributed by atoms with Crippen LogP contribution < -0.4 is 10.6 Å². The van der Waals surface area contributed by atoms with E-state index in [0.717, 1.165) is 11.3 Å². The van der Waals surface area contributed by atoms with Crippen molar-refractivity contribution in [2.75, 3.05) is 10.6 Å². The van der Waals surface area contributed by atoms with Crippen LogP contribution in [0.2, 0.25) is 0 Å². The van der Waals surface area contributed by atoms with E-state index in [9.17, 15) is 14.9 Å². The first-order valence-electron chi connectivity index (χ1n) is 7.00. The Labute approximate surface area is 138 Å². The van der Waals surface area contributed by atoms with Crippen LogP contribution in [0.4, 0.5) is 17.1 Å². The van der Waals surface area contributed by atoms with Crippen molar-refractivity contribution in [3.8, 4) is 6.07 Å². The number of carbonyl (C=O) groups is 1. The highest BCUT2D eigenvalue weighted by Gasteiger charge is 2.17. The third-order valence-electron chi connectivity index (χ3n) is 3.23. The lowest BCUT2D eigenvalue weighted by molar-refractivity contribution is -0.383. The molecule has 0 bridgehead atoms. The van der Waals surface area contributed by atoms with Crippen molar-refractivity contribution >= 4 is 23.0 Å². The number of anilines is 2. The average molecular weight is 322 g/mol. The van der Waals surface area contributed by atoms with Gasteiger partial charge >= 0.3 is 0 Å². The number of carbonyl (C=O) groups excluding carboxylic acids is 1. The molecule has 0 radical (unpaired) electrons. The number of aryl methyl sites for hydroxylation is 1. The SMILES string of the molecule is Cc1ccccc1N/C=C(/C#N)C(=O)Nc1ccccc1[N+](=O)[O-]. The van der Waals surface area contributed by atoms with Gasteiger partial charge in [0.1, 0.15) is 17.3 Å². The predicted molar refractivity (Wildman–Crippen MR) is 90.2 cm³/mol. The molecule has 7 nitrogen and oxygen atoms in total. The number of nitrogens with zero attached hydrogens (tertiary/aromatic N) is 2. The molecule has 2 aromatic rings. The Bertz CT molecular complexity index is 853. The van der Waals surface area contributed by atoms with Crippen molar-refractivity contribution in [1.82, 2.24) is 0 Å². The monoisotopic (exact) mass is 322 g/mol. The number of hydrogen-bond donors (Lipinski definition) is 2. The van der Waals surface area contributed by atoms with Gasteiger partial charge in [-0.1, -0.05) is 30.3 Å². The van der Waals surface area contributed by atoms with Crippen molar-refractivity contribution in [3.05, 3.63) is 76.0 Å². The molecule has 2 N–H and O–H groups in total. The second kappa shape index (κ2) is 7.56. The first-order chi connectivity index (χ1) is 11.5. The normalized spacial score (nSPS) is 10.6. The van der Waals surface area contributed by atoms with E-state index >= 15 is 0 Å². The Morgan fingerprint density at radius 2 is 1.79 bits per heavy atom. The summed E-state index contributed by atoms with van der Waals surface area (Å²) in [6, 6.07) is 14.9. The van der Waals surface area contributed by atoms with Crippen molar-refractivity contribution < 1.29 is 9.72 Å². The Kier molecular flexibility index (Phi) is 5.26. The van der Waals surface area contributed by atoms with Gasteiger partial charge in [-0.15, -0.1) is 0 Å². The summed E-state index contributed by atoms with van der Waals surface area (Å²) in [6.07, 6.45) is 1.27. The van der Waals surface area contributed by atoms with Gasteiger partial charge in [-0.05, 0) is 24.6 Å². The molecule has 120 valence electrons. The van der Waals surface area contributed by atoms with E-state index in [1.165, 1.54) is 24.4 Å². The zero-order valence-electron chi connectivity index (χ0n) is 12.8. The molecule has 0 atom stereocenters. The molecule has 0 saturated carbocycles. The number of nitro groups is 1. The quantitative estimate of drug-likeness (QED) is 0.380. The standard InChI is InChI=1S/C17H14N4O3/c1-12-6-2-3-7-14(12)19-11-13(10-18)17(22)20-15-8-4-5-9-16(15)21(23)24/h2-9,11,19H,1H3,(H,20,22)/b13-11-. The largest absolute Gasteiger partial charge is 0.360 e. The third-order valence-corrected chi connectivity index (χ3v) is 3.23. The Balaban J connectivity index is 2.18. The molecule has 2 rings (SSSR count). The highest BCUT2D eigenvalue weighted by atomic mass is 16.6. The highest BCUT2D eigenvalue weighted by molar-refractivity contribution is 6.07. The first-order valence-corrected chi connectivity index (χ1v) is 7.00. The van der Waals surface area contributed by atoms with E-state index in [2.05, 4.69) is 10.6 Å². The maximum Gasteiger partial charge on any atom is 0.292 e. The third kappa shape index (κ3) is 3.96. The molecular weight excluding hydrogens is 308 g/mol. The maximum absolute atomic E-state index is 12.2. The van der Waals surface area contributed by atoms with Crippen molar-refractivity contribution in [2.24, 2.45) is 0 Å². The summed E-state index contributed by atoms with van der Waals surface area (Å²) in [6.45, 7) is 1.88. The lowest BCUT2D eigenvalue weighted by atomic mass is 10.2. The summed E-state index contributed by atoms with van der Waals surface area (Å²) in [4.78, 5) is 22.5. The number of para-hydroxylation sites is 3. The Hall–Kier alpha value is -3.66. The minimum atomic E-state index is -0.729. The molecule has 0 aromatic heterocycles. The molecule has 0 fully saturated rings. The molecular formula is C17H14N4O3. The van der Waals surface area contributed by atoms with Crippen LogP contribution in [-0.2, 0) is 4.79 Å². The van der Waals surface area contributed by atoms with Crippen LogP contribution in [0.1, 0.15) is 5.56 Å². The van der Waals surface area contributed by atoms with E-state index in [4.69, 9.17) is 5.26 Å². The fourth-order valence-electron chi connectivity index (χ4n) is 1.96. The topological polar surface area (TPSA) is 108 Å². The number of nitro benzene ring substituents is 1. The van der Waals surface area contributed by atoms with E-state index in [0.29, 0.717) is 0 Å². The fraction of sp³-hybridized carbons (Fsp3) is 0.0588. The fourth-order valence-corrected chi connectivity index (χ4v) is 1.96. The number of rotatable bonds is 5. The van der Waals surface area contributed by atoms with E-state index in [-0.39, 0.29) is 16.9 Å². The zero-order valence-corrected chi connectivity index (χ0v) is 12.8. The van der Waals surface area contributed by atoms with E-state index < -0.39 is 10.8 Å². The molecule has 0 heterocycles. The van der Waals surface area contributed by atoms with Gasteiger partial charge < -0.3 is 10.6 Å². The number of hydrogen-bond acceptors (Lipinski definition) is 5. The van der Waals surface area contributed by atoms with E-state index in [1.54, 1.807) is 18.2 Å². The number of benzene rings is 2. The summed E-state index contributed by atoms with van der Waals surface area (Å²) >= 11 is 0. The van der Waals surface area contributed by atoms with Gasteiger partial charge in [0.25, 0.3) is 11.6 Å². The molecule has 0 aliphatic rings. The molecule has 0 unspecified atom stereocenters. The molecule has 0 spiro atoms. The summed E-state index contributed by atoms with van der Waals surface area (Å²) in [5.74, 6) is -0.729. The van der Waals surface area contributed by atoms with Gasteiger partial charge in [0.2, 0.25) is 0 Å². The van der Waals surface area contributed by atoms with Crippen LogP contribution >= 0.6 is 0 Å². The van der Waals surface area contributed by atoms with Crippen LogP contribution in [0.25, 0.3) is 0 Å². The smallest absolute Gasteiger partial charge is 0.292 e. The minimum Gasteiger partial charge on any atom is -0.360 e. The van der Waals surface area contributed by atoms with Crippen LogP contribution in [0.15, 0.2) is 60.3 Å². The van der Waals surface area contributed by atoms with Crippen LogP contribution in [0, 0.1) is 28.4 Å². The average Bonchev–Trinajstić information content (AvgIpc) is 2.57. The molecule has 0 aliphatic carbocycles. The van der Waals surface area contributed by atoms with Gasteiger partial charge in [0, 0.05) is 18.0 Å². The van der Waals surface area contributed by atoms with Gasteiger partial charge in [-0.2, -0.15) is 5.26 Å². The molecule has 1 amide bonds. The van der Waals surface area contributed by atoms with Gasteiger partial charge in [0.05, 0.1) is 4.92 Å². The van der Waals surface area contributed by atoms with Crippen LogP contribution in [0.3, 0.4) is 0 Å². The molecule has 0 aliphatic heterocycles. The highest BCUT2D eigenvalue weighted by Crippen LogP contribution is 2.23. The molecule has 24 heavy (non-hydrogen) atoms. The number of amides is 1. The lowest BCUT2D eigenvalue weighted by Gasteiger charge is -2.07. The minimum absolute atomic E-state index is 0.0320. The first kappa shape index (κ1) is 16.7. The summed E-state index contributed by atoms with van der Waals surface area (Å²) in [7, 11) is 0. The predicted octanol–water partition coefficient (Wildman–Crippen LogP) is 3.36. The van der Waals surface area contributed by atoms with E-state index in [1.807, 2.05) is 25.1 Å². The van der Waals surface area contributed by atoms with Gasteiger partial charge in [-0.25, -0.2) is 0 Å². The molecule has 2 aromatic carbocycles. The molecule has 0 saturated heterocycles. The van der Waals surface area contributed by atoms with Gasteiger partial charge in [0.15, 0.2) is 0 Å². The Morgan fingerprint density at radius 1 is 1.17 bits per heavy atom. The Morgan fingerprint density at radius 3 is 2.42 bits per heavy atom. The summed E-state index contributed by atoms with van der Waals surface area (Å²) < 4.78 is 0. The van der Waals surface area contributed by atoms with Crippen LogP contribution in [0.5, 0.6) is 0 Å². The second-order valence-corrected chi connectivity index (χ2v) is 4.86. The van der Waals surface area contributed by atoms with Crippen molar-refractivity contribution in [2.45, 2.75) is 6.92 Å².